The Morgan fingerprint density at radius 3 is 2.36 bits per heavy atom. The van der Waals surface area contributed by atoms with E-state index in [2.05, 4.69) is 31.3 Å². The van der Waals surface area contributed by atoms with Gasteiger partial charge in [-0.1, -0.05) is 17.7 Å². The van der Waals surface area contributed by atoms with Crippen molar-refractivity contribution < 1.29 is 13.2 Å². The fourth-order valence-corrected chi connectivity index (χ4v) is 3.23. The molecule has 1 nitrogen and oxygen atoms in total. The third-order valence-corrected chi connectivity index (χ3v) is 4.26. The smallest absolute Gasteiger partial charge is 0.378 e. The lowest BCUT2D eigenvalue weighted by Gasteiger charge is -2.17. The van der Waals surface area contributed by atoms with E-state index in [0.29, 0.717) is 0 Å². The summed E-state index contributed by atoms with van der Waals surface area (Å²) >= 11 is 0. The number of nitrogens with one attached hydrogen (secondary N) is 1. The molecule has 0 aliphatic heterocycles. The molecular formula is C18H18F3N. The molecule has 116 valence electrons. The number of hydrogen-bond acceptors (Lipinski definition) is 1. The number of aryl methyl sites for hydroxylation is 2. The highest BCUT2D eigenvalue weighted by Gasteiger charge is 2.30. The van der Waals surface area contributed by atoms with Crippen LogP contribution in [0.25, 0.3) is 0 Å². The van der Waals surface area contributed by atoms with Gasteiger partial charge in [0, 0.05) is 5.69 Å². The predicted molar refractivity (Wildman–Crippen MR) is 82.0 cm³/mol. The summed E-state index contributed by atoms with van der Waals surface area (Å²) in [7, 11) is 0. The van der Waals surface area contributed by atoms with Crippen LogP contribution >= 0.6 is 0 Å². The maximum Gasteiger partial charge on any atom is 0.416 e. The zero-order valence-electron chi connectivity index (χ0n) is 12.6. The molecule has 0 bridgehead atoms. The van der Waals surface area contributed by atoms with Crippen LogP contribution in [0.1, 0.15) is 40.3 Å². The molecule has 1 atom stereocenters. The van der Waals surface area contributed by atoms with E-state index in [9.17, 15) is 13.2 Å². The quantitative estimate of drug-likeness (QED) is 0.781. The van der Waals surface area contributed by atoms with Crippen LogP contribution in [0.15, 0.2) is 36.4 Å². The molecule has 1 aliphatic carbocycles. The lowest BCUT2D eigenvalue weighted by atomic mass is 10.00. The number of alkyl halides is 3. The normalized spacial score (nSPS) is 17.4. The number of rotatable bonds is 2. The summed E-state index contributed by atoms with van der Waals surface area (Å²) in [5, 5.41) is 3.36. The Balaban J connectivity index is 1.82. The lowest BCUT2D eigenvalue weighted by molar-refractivity contribution is -0.137. The van der Waals surface area contributed by atoms with E-state index < -0.39 is 11.7 Å². The second-order valence-corrected chi connectivity index (χ2v) is 5.96. The monoisotopic (exact) mass is 305 g/mol. The van der Waals surface area contributed by atoms with E-state index in [1.807, 2.05) is 0 Å². The van der Waals surface area contributed by atoms with E-state index in [0.717, 1.165) is 30.7 Å². The second-order valence-electron chi connectivity index (χ2n) is 5.96. The molecule has 0 spiro atoms. The molecule has 2 aromatic rings. The average molecular weight is 305 g/mol. The van der Waals surface area contributed by atoms with Crippen molar-refractivity contribution in [2.45, 2.75) is 38.9 Å². The SMILES string of the molecule is Cc1cc(C)c2c(c1)C(Nc1ccc(C(F)(F)F)cc1)CC2. The molecule has 0 saturated carbocycles. The summed E-state index contributed by atoms with van der Waals surface area (Å²) in [5.74, 6) is 0. The summed E-state index contributed by atoms with van der Waals surface area (Å²) in [4.78, 5) is 0. The Labute approximate surface area is 128 Å². The highest BCUT2D eigenvalue weighted by Crippen LogP contribution is 2.37. The Kier molecular flexibility index (Phi) is 3.63. The summed E-state index contributed by atoms with van der Waals surface area (Å²) in [5.41, 5.74) is 5.28. The van der Waals surface area contributed by atoms with Crippen LogP contribution in [-0.4, -0.2) is 0 Å². The minimum atomic E-state index is -4.29. The van der Waals surface area contributed by atoms with Gasteiger partial charge in [0.25, 0.3) is 0 Å². The van der Waals surface area contributed by atoms with E-state index in [1.54, 1.807) is 0 Å². The van der Waals surface area contributed by atoms with Crippen molar-refractivity contribution in [1.82, 2.24) is 0 Å². The van der Waals surface area contributed by atoms with Gasteiger partial charge in [-0.05, 0) is 67.6 Å². The summed E-state index contributed by atoms with van der Waals surface area (Å²) in [6.07, 6.45) is -2.30. The highest BCUT2D eigenvalue weighted by molar-refractivity contribution is 5.51. The fraction of sp³-hybridized carbons (Fsp3) is 0.333. The first-order valence-electron chi connectivity index (χ1n) is 7.38. The average Bonchev–Trinajstić information content (AvgIpc) is 2.82. The topological polar surface area (TPSA) is 12.0 Å². The van der Waals surface area contributed by atoms with Crippen molar-refractivity contribution in [2.24, 2.45) is 0 Å². The van der Waals surface area contributed by atoms with E-state index >= 15 is 0 Å². The predicted octanol–water partition coefficient (Wildman–Crippen LogP) is 5.42. The lowest BCUT2D eigenvalue weighted by Crippen LogP contribution is -2.09. The molecule has 0 saturated heterocycles. The van der Waals surface area contributed by atoms with Crippen molar-refractivity contribution >= 4 is 5.69 Å². The van der Waals surface area contributed by atoms with Gasteiger partial charge < -0.3 is 5.32 Å². The van der Waals surface area contributed by atoms with Crippen molar-refractivity contribution in [3.05, 3.63) is 64.2 Å². The molecule has 1 unspecified atom stereocenters. The number of halogens is 3. The zero-order chi connectivity index (χ0) is 15.9. The molecule has 2 aromatic carbocycles. The molecule has 4 heteroatoms. The summed E-state index contributed by atoms with van der Waals surface area (Å²) in [6.45, 7) is 4.19. The maximum atomic E-state index is 12.6. The molecule has 1 N–H and O–H groups in total. The van der Waals surface area contributed by atoms with E-state index in [-0.39, 0.29) is 6.04 Å². The molecule has 0 heterocycles. The van der Waals surface area contributed by atoms with Gasteiger partial charge in [0.15, 0.2) is 0 Å². The van der Waals surface area contributed by atoms with E-state index in [4.69, 9.17) is 0 Å². The molecule has 22 heavy (non-hydrogen) atoms. The highest BCUT2D eigenvalue weighted by atomic mass is 19.4. The van der Waals surface area contributed by atoms with Crippen LogP contribution in [0.3, 0.4) is 0 Å². The zero-order valence-corrected chi connectivity index (χ0v) is 12.6. The first kappa shape index (κ1) is 14.9. The summed E-state index contributed by atoms with van der Waals surface area (Å²) in [6, 6.07) is 9.79. The fourth-order valence-electron chi connectivity index (χ4n) is 3.23. The molecule has 0 aromatic heterocycles. The third kappa shape index (κ3) is 2.82. The van der Waals surface area contributed by atoms with Crippen molar-refractivity contribution in [3.63, 3.8) is 0 Å². The number of benzene rings is 2. The van der Waals surface area contributed by atoms with Crippen LogP contribution in [0, 0.1) is 13.8 Å². The minimum Gasteiger partial charge on any atom is -0.378 e. The van der Waals surface area contributed by atoms with Crippen LogP contribution < -0.4 is 5.32 Å². The Morgan fingerprint density at radius 2 is 1.73 bits per heavy atom. The summed E-state index contributed by atoms with van der Waals surface area (Å²) < 4.78 is 37.8. The van der Waals surface area contributed by atoms with Crippen LogP contribution in [0.2, 0.25) is 0 Å². The van der Waals surface area contributed by atoms with Gasteiger partial charge in [-0.25, -0.2) is 0 Å². The maximum absolute atomic E-state index is 12.6. The molecular weight excluding hydrogens is 287 g/mol. The first-order chi connectivity index (χ1) is 10.3. The standard InChI is InChI=1S/C18H18F3N/c1-11-9-12(2)15-7-8-17(16(15)10-11)22-14-5-3-13(4-6-14)18(19,20)21/h3-6,9-10,17,22H,7-8H2,1-2H3. The van der Waals surface area contributed by atoms with Gasteiger partial charge in [0.05, 0.1) is 11.6 Å². The van der Waals surface area contributed by atoms with Crippen LogP contribution in [-0.2, 0) is 12.6 Å². The first-order valence-corrected chi connectivity index (χ1v) is 7.38. The second kappa shape index (κ2) is 5.34. The molecule has 0 radical (unpaired) electrons. The van der Waals surface area contributed by atoms with Gasteiger partial charge in [-0.3, -0.25) is 0 Å². The third-order valence-electron chi connectivity index (χ3n) is 4.26. The number of anilines is 1. The van der Waals surface area contributed by atoms with Crippen molar-refractivity contribution in [1.29, 1.82) is 0 Å². The molecule has 0 amide bonds. The number of fused-ring (bicyclic) bond motifs is 1. The van der Waals surface area contributed by atoms with Gasteiger partial charge >= 0.3 is 6.18 Å². The Bertz CT molecular complexity index is 687. The van der Waals surface area contributed by atoms with Gasteiger partial charge in [0.2, 0.25) is 0 Å². The molecule has 0 fully saturated rings. The van der Waals surface area contributed by atoms with Crippen LogP contribution in [0.5, 0.6) is 0 Å². The molecule has 1 aliphatic rings. The van der Waals surface area contributed by atoms with Crippen molar-refractivity contribution in [2.75, 3.05) is 5.32 Å². The minimum absolute atomic E-state index is 0.172. The van der Waals surface area contributed by atoms with Gasteiger partial charge in [-0.2, -0.15) is 13.2 Å². The largest absolute Gasteiger partial charge is 0.416 e. The van der Waals surface area contributed by atoms with Crippen LogP contribution in [0.4, 0.5) is 18.9 Å². The van der Waals surface area contributed by atoms with E-state index in [1.165, 1.54) is 34.4 Å². The molecule has 3 rings (SSSR count). The van der Waals surface area contributed by atoms with Gasteiger partial charge in [-0.15, -0.1) is 0 Å². The van der Waals surface area contributed by atoms with Crippen molar-refractivity contribution in [3.8, 4) is 0 Å². The Hall–Kier alpha value is -1.97. The number of hydrogen-bond donors (Lipinski definition) is 1. The Morgan fingerprint density at radius 1 is 1.05 bits per heavy atom. The van der Waals surface area contributed by atoms with Gasteiger partial charge in [0.1, 0.15) is 0 Å².